The zero-order chi connectivity index (χ0) is 13.8. The lowest BCUT2D eigenvalue weighted by Gasteiger charge is -2.20. The summed E-state index contributed by atoms with van der Waals surface area (Å²) in [4.78, 5) is 10.6. The maximum Gasteiger partial charge on any atom is 0.275 e. The average molecular weight is 283 g/mol. The Bertz CT molecular complexity index is 459. The standard InChI is InChI=1S/C14H19ClN2O2/c1-10(11-4-2-3-5-11)16-9-12-6-7-13(15)8-14(12)17(18)19/h6-8,10-11,16H,2-5,9H2,1H3/t10-/m0/s1. The third-order valence-electron chi connectivity index (χ3n) is 3.97. The van der Waals surface area contributed by atoms with Crippen LogP contribution in [0.2, 0.25) is 5.02 Å². The lowest BCUT2D eigenvalue weighted by atomic mass is 9.99. The number of nitrogens with zero attached hydrogens (tertiary/aromatic N) is 1. The fourth-order valence-electron chi connectivity index (χ4n) is 2.75. The molecule has 0 unspecified atom stereocenters. The molecule has 0 spiro atoms. The number of hydrogen-bond donors (Lipinski definition) is 1. The Morgan fingerprint density at radius 1 is 1.47 bits per heavy atom. The van der Waals surface area contributed by atoms with Crippen molar-refractivity contribution in [3.8, 4) is 0 Å². The van der Waals surface area contributed by atoms with Gasteiger partial charge in [0.15, 0.2) is 0 Å². The molecule has 1 aliphatic rings. The fourth-order valence-corrected chi connectivity index (χ4v) is 2.92. The molecule has 0 aromatic heterocycles. The number of benzene rings is 1. The Hall–Kier alpha value is -1.13. The summed E-state index contributed by atoms with van der Waals surface area (Å²) in [5.41, 5.74) is 0.790. The first-order valence-corrected chi connectivity index (χ1v) is 7.12. The van der Waals surface area contributed by atoms with E-state index < -0.39 is 0 Å². The summed E-state index contributed by atoms with van der Waals surface area (Å²) in [7, 11) is 0. The Balaban J connectivity index is 2.00. The Morgan fingerprint density at radius 3 is 2.79 bits per heavy atom. The van der Waals surface area contributed by atoms with E-state index in [1.807, 2.05) is 0 Å². The monoisotopic (exact) mass is 282 g/mol. The van der Waals surface area contributed by atoms with Crippen LogP contribution in [-0.2, 0) is 6.54 Å². The molecule has 1 saturated carbocycles. The lowest BCUT2D eigenvalue weighted by molar-refractivity contribution is -0.385. The van der Waals surface area contributed by atoms with Gasteiger partial charge < -0.3 is 5.32 Å². The van der Waals surface area contributed by atoms with Gasteiger partial charge in [0.2, 0.25) is 0 Å². The molecule has 104 valence electrons. The summed E-state index contributed by atoms with van der Waals surface area (Å²) in [6.07, 6.45) is 5.13. The summed E-state index contributed by atoms with van der Waals surface area (Å²) < 4.78 is 0. The average Bonchev–Trinajstić information content (AvgIpc) is 2.90. The fraction of sp³-hybridized carbons (Fsp3) is 0.571. The zero-order valence-corrected chi connectivity index (χ0v) is 11.8. The largest absolute Gasteiger partial charge is 0.310 e. The van der Waals surface area contributed by atoms with Crippen LogP contribution in [0.25, 0.3) is 0 Å². The minimum atomic E-state index is -0.372. The highest BCUT2D eigenvalue weighted by molar-refractivity contribution is 6.30. The molecule has 1 fully saturated rings. The van der Waals surface area contributed by atoms with Crippen molar-refractivity contribution in [1.29, 1.82) is 0 Å². The second-order valence-electron chi connectivity index (χ2n) is 5.24. The first-order chi connectivity index (χ1) is 9.08. The predicted molar refractivity (Wildman–Crippen MR) is 76.4 cm³/mol. The summed E-state index contributed by atoms with van der Waals surface area (Å²) >= 11 is 5.80. The van der Waals surface area contributed by atoms with Crippen molar-refractivity contribution < 1.29 is 4.92 Å². The predicted octanol–water partition coefficient (Wildman–Crippen LogP) is 3.92. The number of nitrogens with one attached hydrogen (secondary N) is 1. The number of nitro benzene ring substituents is 1. The van der Waals surface area contributed by atoms with Gasteiger partial charge in [-0.1, -0.05) is 24.4 Å². The molecule has 0 radical (unpaired) electrons. The first kappa shape index (κ1) is 14.3. The summed E-state index contributed by atoms with van der Waals surface area (Å²) in [5.74, 6) is 0.700. The van der Waals surface area contributed by atoms with E-state index in [0.717, 1.165) is 0 Å². The molecule has 5 heteroatoms. The second-order valence-corrected chi connectivity index (χ2v) is 5.68. The van der Waals surface area contributed by atoms with Gasteiger partial charge in [-0.25, -0.2) is 0 Å². The van der Waals surface area contributed by atoms with Crippen molar-refractivity contribution >= 4 is 17.3 Å². The van der Waals surface area contributed by atoms with Gasteiger partial charge in [0.25, 0.3) is 5.69 Å². The number of rotatable bonds is 5. The van der Waals surface area contributed by atoms with Crippen molar-refractivity contribution in [1.82, 2.24) is 5.32 Å². The van der Waals surface area contributed by atoms with E-state index in [2.05, 4.69) is 12.2 Å². The second kappa shape index (κ2) is 6.35. The minimum absolute atomic E-state index is 0.0959. The van der Waals surface area contributed by atoms with E-state index in [9.17, 15) is 10.1 Å². The van der Waals surface area contributed by atoms with Crippen molar-refractivity contribution in [2.75, 3.05) is 0 Å². The molecule has 0 amide bonds. The van der Waals surface area contributed by atoms with Crippen LogP contribution >= 0.6 is 11.6 Å². The van der Waals surface area contributed by atoms with E-state index in [4.69, 9.17) is 11.6 Å². The normalized spacial score (nSPS) is 17.6. The molecule has 19 heavy (non-hydrogen) atoms. The molecule has 2 rings (SSSR count). The molecule has 1 atom stereocenters. The molecule has 0 heterocycles. The van der Waals surface area contributed by atoms with Gasteiger partial charge >= 0.3 is 0 Å². The lowest BCUT2D eigenvalue weighted by Crippen LogP contribution is -2.31. The van der Waals surface area contributed by atoms with Gasteiger partial charge in [0, 0.05) is 29.2 Å². The molecule has 1 aromatic carbocycles. The Kier molecular flexibility index (Phi) is 4.77. The van der Waals surface area contributed by atoms with Gasteiger partial charge in [0.1, 0.15) is 0 Å². The van der Waals surface area contributed by atoms with Crippen molar-refractivity contribution in [2.45, 2.75) is 45.2 Å². The molecule has 0 bridgehead atoms. The van der Waals surface area contributed by atoms with Crippen LogP contribution in [0.4, 0.5) is 5.69 Å². The summed E-state index contributed by atoms with van der Waals surface area (Å²) in [6.45, 7) is 2.68. The zero-order valence-electron chi connectivity index (χ0n) is 11.1. The van der Waals surface area contributed by atoms with Crippen LogP contribution in [0.1, 0.15) is 38.2 Å². The van der Waals surface area contributed by atoms with Gasteiger partial charge in [-0.3, -0.25) is 10.1 Å². The van der Waals surface area contributed by atoms with Gasteiger partial charge in [-0.15, -0.1) is 0 Å². The number of halogens is 1. The van der Waals surface area contributed by atoms with Gasteiger partial charge in [-0.2, -0.15) is 0 Å². The van der Waals surface area contributed by atoms with Crippen LogP contribution < -0.4 is 5.32 Å². The molecule has 4 nitrogen and oxygen atoms in total. The number of nitro groups is 1. The highest BCUT2D eigenvalue weighted by Gasteiger charge is 2.22. The minimum Gasteiger partial charge on any atom is -0.310 e. The van der Waals surface area contributed by atoms with E-state index in [0.29, 0.717) is 29.1 Å². The quantitative estimate of drug-likeness (QED) is 0.658. The SMILES string of the molecule is C[C@H](NCc1ccc(Cl)cc1[N+](=O)[O-])C1CCCC1. The highest BCUT2D eigenvalue weighted by atomic mass is 35.5. The molecule has 1 N–H and O–H groups in total. The summed E-state index contributed by atoms with van der Waals surface area (Å²) in [6, 6.07) is 5.25. The van der Waals surface area contributed by atoms with E-state index in [1.54, 1.807) is 12.1 Å². The van der Waals surface area contributed by atoms with E-state index in [-0.39, 0.29) is 10.6 Å². The van der Waals surface area contributed by atoms with Crippen molar-refractivity contribution in [3.63, 3.8) is 0 Å². The topological polar surface area (TPSA) is 55.2 Å². The maximum atomic E-state index is 11.0. The molecular formula is C14H19ClN2O2. The Labute approximate surface area is 118 Å². The smallest absolute Gasteiger partial charge is 0.275 e. The van der Waals surface area contributed by atoms with E-state index >= 15 is 0 Å². The van der Waals surface area contributed by atoms with Crippen LogP contribution in [0.5, 0.6) is 0 Å². The maximum absolute atomic E-state index is 11.0. The van der Waals surface area contributed by atoms with Crippen LogP contribution in [0.15, 0.2) is 18.2 Å². The first-order valence-electron chi connectivity index (χ1n) is 6.74. The third kappa shape index (κ3) is 3.67. The molecule has 0 saturated heterocycles. The van der Waals surface area contributed by atoms with Crippen LogP contribution in [0, 0.1) is 16.0 Å². The van der Waals surface area contributed by atoms with Gasteiger partial charge in [0.05, 0.1) is 4.92 Å². The molecule has 1 aliphatic carbocycles. The van der Waals surface area contributed by atoms with Gasteiger partial charge in [-0.05, 0) is 37.8 Å². The van der Waals surface area contributed by atoms with E-state index in [1.165, 1.54) is 31.7 Å². The third-order valence-corrected chi connectivity index (χ3v) is 4.20. The molecule has 1 aromatic rings. The highest BCUT2D eigenvalue weighted by Crippen LogP contribution is 2.28. The number of hydrogen-bond acceptors (Lipinski definition) is 3. The van der Waals surface area contributed by atoms with Crippen LogP contribution in [0.3, 0.4) is 0 Å². The van der Waals surface area contributed by atoms with Crippen molar-refractivity contribution in [3.05, 3.63) is 38.9 Å². The van der Waals surface area contributed by atoms with Crippen molar-refractivity contribution in [2.24, 2.45) is 5.92 Å². The Morgan fingerprint density at radius 2 is 2.16 bits per heavy atom. The summed E-state index contributed by atoms with van der Waals surface area (Å²) in [5, 5.41) is 14.8. The molecule has 0 aliphatic heterocycles. The molecular weight excluding hydrogens is 264 g/mol. The van der Waals surface area contributed by atoms with Crippen LogP contribution in [-0.4, -0.2) is 11.0 Å².